The van der Waals surface area contributed by atoms with Gasteiger partial charge in [0, 0.05) is 30.4 Å². The van der Waals surface area contributed by atoms with E-state index in [2.05, 4.69) is 29.7 Å². The molecule has 3 nitrogen and oxygen atoms in total. The zero-order valence-corrected chi connectivity index (χ0v) is 13.5. The van der Waals surface area contributed by atoms with E-state index in [0.29, 0.717) is 0 Å². The molecule has 0 saturated heterocycles. The van der Waals surface area contributed by atoms with E-state index in [1.807, 2.05) is 50.5 Å². The number of nitrogens with zero attached hydrogens (tertiary/aromatic N) is 2. The predicted molar refractivity (Wildman–Crippen MR) is 95.8 cm³/mol. The minimum absolute atomic E-state index is 0.0336. The van der Waals surface area contributed by atoms with Crippen molar-refractivity contribution >= 4 is 21.9 Å². The van der Waals surface area contributed by atoms with Gasteiger partial charge in [-0.25, -0.2) is 0 Å². The molecule has 0 spiro atoms. The molecule has 0 amide bonds. The molecule has 2 aromatic heterocycles. The molecule has 0 saturated carbocycles. The van der Waals surface area contributed by atoms with Gasteiger partial charge in [0.15, 0.2) is 0 Å². The van der Waals surface area contributed by atoms with Gasteiger partial charge in [0.1, 0.15) is 5.65 Å². The zero-order chi connectivity index (χ0) is 16.1. The second-order valence-electron chi connectivity index (χ2n) is 6.11. The van der Waals surface area contributed by atoms with E-state index in [-0.39, 0.29) is 5.56 Å². The van der Waals surface area contributed by atoms with E-state index in [1.165, 1.54) is 10.9 Å². The number of aromatic nitrogens is 2. The molecule has 4 aromatic rings. The van der Waals surface area contributed by atoms with Crippen molar-refractivity contribution in [2.45, 2.75) is 6.92 Å². The normalized spacial score (nSPS) is 11.4. The van der Waals surface area contributed by atoms with Gasteiger partial charge in [0.05, 0.1) is 5.52 Å². The Bertz CT molecular complexity index is 1100. The molecule has 4 rings (SSSR count). The first-order valence-electron chi connectivity index (χ1n) is 7.72. The Morgan fingerprint density at radius 2 is 1.57 bits per heavy atom. The van der Waals surface area contributed by atoms with Crippen LogP contribution in [0.25, 0.3) is 33.1 Å². The smallest absolute Gasteiger partial charge is 0.259 e. The van der Waals surface area contributed by atoms with Gasteiger partial charge in [0.25, 0.3) is 5.56 Å². The van der Waals surface area contributed by atoms with Crippen LogP contribution >= 0.6 is 0 Å². The third-order valence-corrected chi connectivity index (χ3v) is 4.59. The van der Waals surface area contributed by atoms with E-state index >= 15 is 0 Å². The molecule has 0 aliphatic heterocycles. The van der Waals surface area contributed by atoms with Crippen LogP contribution < -0.4 is 5.56 Å². The maximum Gasteiger partial charge on any atom is 0.259 e. The Morgan fingerprint density at radius 1 is 0.826 bits per heavy atom. The summed E-state index contributed by atoms with van der Waals surface area (Å²) < 4.78 is 3.85. The number of rotatable bonds is 1. The molecule has 2 heterocycles. The second kappa shape index (κ2) is 4.85. The lowest BCUT2D eigenvalue weighted by atomic mass is 10.0. The summed E-state index contributed by atoms with van der Waals surface area (Å²) in [6, 6.07) is 18.3. The highest BCUT2D eigenvalue weighted by molar-refractivity contribution is 6.08. The third-order valence-electron chi connectivity index (χ3n) is 4.59. The van der Waals surface area contributed by atoms with Gasteiger partial charge in [-0.2, -0.15) is 0 Å². The van der Waals surface area contributed by atoms with Crippen molar-refractivity contribution in [2.75, 3.05) is 0 Å². The van der Waals surface area contributed by atoms with Gasteiger partial charge < -0.3 is 4.57 Å². The number of aryl methyl sites for hydroxylation is 3. The molecule has 0 aliphatic carbocycles. The molecule has 0 radical (unpaired) electrons. The van der Waals surface area contributed by atoms with Crippen molar-refractivity contribution in [3.63, 3.8) is 0 Å². The summed E-state index contributed by atoms with van der Waals surface area (Å²) in [6.07, 6.45) is 0. The van der Waals surface area contributed by atoms with Crippen LogP contribution in [-0.2, 0) is 14.1 Å². The minimum Gasteiger partial charge on any atom is -0.330 e. The highest BCUT2D eigenvalue weighted by atomic mass is 16.1. The van der Waals surface area contributed by atoms with Crippen molar-refractivity contribution in [1.82, 2.24) is 9.13 Å². The Labute approximate surface area is 134 Å². The number of benzene rings is 2. The maximum atomic E-state index is 12.8. The molecule has 23 heavy (non-hydrogen) atoms. The van der Waals surface area contributed by atoms with Crippen LogP contribution in [0.15, 0.2) is 59.4 Å². The summed E-state index contributed by atoms with van der Waals surface area (Å²) in [5, 5.41) is 2.31. The Morgan fingerprint density at radius 3 is 2.30 bits per heavy atom. The quantitative estimate of drug-likeness (QED) is 0.522. The lowest BCUT2D eigenvalue weighted by Crippen LogP contribution is -2.20. The zero-order valence-electron chi connectivity index (χ0n) is 13.5. The highest BCUT2D eigenvalue weighted by Crippen LogP contribution is 2.30. The van der Waals surface area contributed by atoms with Gasteiger partial charge in [-0.15, -0.1) is 0 Å². The Hall–Kier alpha value is -2.81. The highest BCUT2D eigenvalue weighted by Gasteiger charge is 2.15. The van der Waals surface area contributed by atoms with Gasteiger partial charge in [-0.3, -0.25) is 9.36 Å². The van der Waals surface area contributed by atoms with Crippen molar-refractivity contribution in [1.29, 1.82) is 0 Å². The number of fused-ring (bicyclic) bond motifs is 3. The van der Waals surface area contributed by atoms with Gasteiger partial charge in [-0.1, -0.05) is 42.0 Å². The van der Waals surface area contributed by atoms with Crippen molar-refractivity contribution in [2.24, 2.45) is 14.1 Å². The summed E-state index contributed by atoms with van der Waals surface area (Å²) in [5.41, 5.74) is 5.06. The molecule has 0 bridgehead atoms. The van der Waals surface area contributed by atoms with E-state index < -0.39 is 0 Å². The first-order chi connectivity index (χ1) is 11.1. The largest absolute Gasteiger partial charge is 0.330 e. The monoisotopic (exact) mass is 302 g/mol. The summed E-state index contributed by atoms with van der Waals surface area (Å²) in [5.74, 6) is 0. The van der Waals surface area contributed by atoms with Crippen LogP contribution in [0.4, 0.5) is 0 Å². The average molecular weight is 302 g/mol. The van der Waals surface area contributed by atoms with Crippen molar-refractivity contribution in [3.8, 4) is 11.1 Å². The topological polar surface area (TPSA) is 26.9 Å². The molecule has 0 fully saturated rings. The second-order valence-corrected chi connectivity index (χ2v) is 6.11. The fraction of sp³-hybridized carbons (Fsp3) is 0.150. The third kappa shape index (κ3) is 1.93. The first-order valence-corrected chi connectivity index (χ1v) is 7.72. The van der Waals surface area contributed by atoms with E-state index in [4.69, 9.17) is 0 Å². The van der Waals surface area contributed by atoms with E-state index in [0.717, 1.165) is 27.7 Å². The number of hydrogen-bond acceptors (Lipinski definition) is 1. The van der Waals surface area contributed by atoms with E-state index in [9.17, 15) is 4.79 Å². The van der Waals surface area contributed by atoms with Crippen molar-refractivity contribution < 1.29 is 0 Å². The van der Waals surface area contributed by atoms with Crippen LogP contribution in [0.5, 0.6) is 0 Å². The van der Waals surface area contributed by atoms with Gasteiger partial charge >= 0.3 is 0 Å². The summed E-state index contributed by atoms with van der Waals surface area (Å²) in [6.45, 7) is 2.10. The molecule has 0 atom stereocenters. The SMILES string of the molecule is Cc1ccc2c(c1)c1cc(-c3ccccc3)c(=O)n(C)c1n2C. The summed E-state index contributed by atoms with van der Waals surface area (Å²) in [4.78, 5) is 12.8. The molecule has 2 aromatic carbocycles. The molecule has 3 heteroatoms. The first kappa shape index (κ1) is 13.8. The van der Waals surface area contributed by atoms with Gasteiger partial charge in [0.2, 0.25) is 0 Å². The molecule has 0 unspecified atom stereocenters. The fourth-order valence-electron chi connectivity index (χ4n) is 3.43. The Kier molecular flexibility index (Phi) is 2.91. The van der Waals surface area contributed by atoms with Crippen molar-refractivity contribution in [3.05, 3.63) is 70.5 Å². The molecule has 0 N–H and O–H groups in total. The predicted octanol–water partition coefficient (Wildman–Crippen LogP) is 4.01. The van der Waals surface area contributed by atoms with Crippen LogP contribution in [0.3, 0.4) is 0 Å². The van der Waals surface area contributed by atoms with Gasteiger partial charge in [-0.05, 0) is 30.7 Å². The van der Waals surface area contributed by atoms with Crippen LogP contribution in [-0.4, -0.2) is 9.13 Å². The summed E-state index contributed by atoms with van der Waals surface area (Å²) >= 11 is 0. The maximum absolute atomic E-state index is 12.8. The average Bonchev–Trinajstić information content (AvgIpc) is 2.83. The minimum atomic E-state index is 0.0336. The van der Waals surface area contributed by atoms with Crippen LogP contribution in [0.1, 0.15) is 5.56 Å². The van der Waals surface area contributed by atoms with Crippen LogP contribution in [0, 0.1) is 6.92 Å². The molecule has 114 valence electrons. The molecule has 0 aliphatic rings. The fourth-order valence-corrected chi connectivity index (χ4v) is 3.43. The number of hydrogen-bond donors (Lipinski definition) is 0. The number of pyridine rings is 1. The summed E-state index contributed by atoms with van der Waals surface area (Å²) in [7, 11) is 3.87. The lowest BCUT2D eigenvalue weighted by molar-refractivity contribution is 0.846. The Balaban J connectivity index is 2.21. The lowest BCUT2D eigenvalue weighted by Gasteiger charge is -2.08. The standard InChI is InChI=1S/C20H18N2O/c1-13-9-10-18-16(11-13)17-12-15(14-7-5-4-6-8-14)20(23)22(3)19(17)21(18)2/h4-12H,1-3H3. The molecular formula is C20H18N2O. The van der Waals surface area contributed by atoms with Crippen LogP contribution in [0.2, 0.25) is 0 Å². The van der Waals surface area contributed by atoms with E-state index in [1.54, 1.807) is 4.57 Å². The molecular weight excluding hydrogens is 284 g/mol.